The first kappa shape index (κ1) is 6.61. The summed E-state index contributed by atoms with van der Waals surface area (Å²) in [7, 11) is 0. The third-order valence-corrected chi connectivity index (χ3v) is 1.74. The highest BCUT2D eigenvalue weighted by molar-refractivity contribution is 6.34. The summed E-state index contributed by atoms with van der Waals surface area (Å²) in [5.74, 6) is 0. The predicted octanol–water partition coefficient (Wildman–Crippen LogP) is 1.92. The SMILES string of the molecule is Cc1cnc2[nH]cc(Cl)c2n1. The Morgan fingerprint density at radius 3 is 3.18 bits per heavy atom. The molecular formula is C7H6ClN3. The van der Waals surface area contributed by atoms with Gasteiger partial charge in [0.1, 0.15) is 5.52 Å². The second kappa shape index (κ2) is 2.20. The molecule has 56 valence electrons. The summed E-state index contributed by atoms with van der Waals surface area (Å²) in [6, 6.07) is 0. The predicted molar refractivity (Wildman–Crippen MR) is 43.6 cm³/mol. The zero-order valence-corrected chi connectivity index (χ0v) is 6.68. The van der Waals surface area contributed by atoms with Crippen molar-refractivity contribution in [1.82, 2.24) is 15.0 Å². The maximum Gasteiger partial charge on any atom is 0.157 e. The van der Waals surface area contributed by atoms with Crippen molar-refractivity contribution >= 4 is 22.8 Å². The molecule has 3 nitrogen and oxygen atoms in total. The van der Waals surface area contributed by atoms with Crippen LogP contribution in [0.5, 0.6) is 0 Å². The van der Waals surface area contributed by atoms with E-state index in [0.29, 0.717) is 5.02 Å². The van der Waals surface area contributed by atoms with Gasteiger partial charge < -0.3 is 4.98 Å². The molecule has 0 atom stereocenters. The third-order valence-electron chi connectivity index (χ3n) is 1.45. The number of nitrogens with zero attached hydrogens (tertiary/aromatic N) is 2. The highest BCUT2D eigenvalue weighted by Gasteiger charge is 2.02. The monoisotopic (exact) mass is 167 g/mol. The maximum absolute atomic E-state index is 5.81. The molecule has 0 aliphatic carbocycles. The van der Waals surface area contributed by atoms with Crippen molar-refractivity contribution < 1.29 is 0 Å². The molecule has 0 saturated carbocycles. The Bertz CT molecular complexity index is 393. The van der Waals surface area contributed by atoms with E-state index < -0.39 is 0 Å². The van der Waals surface area contributed by atoms with Crippen molar-refractivity contribution in [3.8, 4) is 0 Å². The molecule has 0 fully saturated rings. The van der Waals surface area contributed by atoms with E-state index in [1.54, 1.807) is 12.4 Å². The van der Waals surface area contributed by atoms with E-state index >= 15 is 0 Å². The van der Waals surface area contributed by atoms with Crippen molar-refractivity contribution in [3.63, 3.8) is 0 Å². The van der Waals surface area contributed by atoms with Crippen LogP contribution in [0, 0.1) is 6.92 Å². The molecule has 2 heterocycles. The molecule has 2 aromatic heterocycles. The number of halogens is 1. The fourth-order valence-corrected chi connectivity index (χ4v) is 1.14. The molecule has 0 radical (unpaired) electrons. The van der Waals surface area contributed by atoms with Gasteiger partial charge in [0.2, 0.25) is 0 Å². The largest absolute Gasteiger partial charge is 0.343 e. The number of hydrogen-bond donors (Lipinski definition) is 1. The topological polar surface area (TPSA) is 41.6 Å². The van der Waals surface area contributed by atoms with Crippen molar-refractivity contribution in [1.29, 1.82) is 0 Å². The Balaban J connectivity index is 2.87. The number of fused-ring (bicyclic) bond motifs is 1. The summed E-state index contributed by atoms with van der Waals surface area (Å²) in [6.45, 7) is 1.88. The zero-order valence-electron chi connectivity index (χ0n) is 5.93. The van der Waals surface area contributed by atoms with Crippen LogP contribution in [0.4, 0.5) is 0 Å². The van der Waals surface area contributed by atoms with E-state index in [1.165, 1.54) is 0 Å². The average molecular weight is 168 g/mol. The average Bonchev–Trinajstić information content (AvgIpc) is 2.33. The summed E-state index contributed by atoms with van der Waals surface area (Å²) < 4.78 is 0. The normalized spacial score (nSPS) is 10.7. The van der Waals surface area contributed by atoms with Gasteiger partial charge in [-0.1, -0.05) is 11.6 Å². The number of hydrogen-bond acceptors (Lipinski definition) is 2. The van der Waals surface area contributed by atoms with Crippen LogP contribution in [0.3, 0.4) is 0 Å². The van der Waals surface area contributed by atoms with Gasteiger partial charge in [-0.2, -0.15) is 0 Å². The molecule has 0 aromatic carbocycles. The lowest BCUT2D eigenvalue weighted by Crippen LogP contribution is -1.83. The minimum atomic E-state index is 0.621. The summed E-state index contributed by atoms with van der Waals surface area (Å²) in [5, 5.41) is 0.621. The van der Waals surface area contributed by atoms with Gasteiger partial charge in [0.25, 0.3) is 0 Å². The van der Waals surface area contributed by atoms with Crippen molar-refractivity contribution in [2.75, 3.05) is 0 Å². The van der Waals surface area contributed by atoms with E-state index in [9.17, 15) is 0 Å². The Labute approximate surface area is 68.4 Å². The van der Waals surface area contributed by atoms with Gasteiger partial charge in [-0.15, -0.1) is 0 Å². The summed E-state index contributed by atoms with van der Waals surface area (Å²) >= 11 is 5.81. The lowest BCUT2D eigenvalue weighted by molar-refractivity contribution is 1.17. The molecule has 0 unspecified atom stereocenters. The third kappa shape index (κ3) is 0.973. The molecule has 1 N–H and O–H groups in total. The number of aromatic amines is 1. The minimum absolute atomic E-state index is 0.621. The Hall–Kier alpha value is -1.09. The number of nitrogens with one attached hydrogen (secondary N) is 1. The lowest BCUT2D eigenvalue weighted by atomic mass is 10.4. The molecular weight excluding hydrogens is 162 g/mol. The first-order chi connectivity index (χ1) is 5.27. The number of rotatable bonds is 0. The molecule has 0 saturated heterocycles. The van der Waals surface area contributed by atoms with Crippen molar-refractivity contribution in [2.45, 2.75) is 6.92 Å². The van der Waals surface area contributed by atoms with Gasteiger partial charge in [0, 0.05) is 6.20 Å². The van der Waals surface area contributed by atoms with Crippen LogP contribution in [0.15, 0.2) is 12.4 Å². The Morgan fingerprint density at radius 1 is 1.55 bits per heavy atom. The van der Waals surface area contributed by atoms with Crippen LogP contribution in [0.1, 0.15) is 5.69 Å². The smallest absolute Gasteiger partial charge is 0.157 e. The maximum atomic E-state index is 5.81. The van der Waals surface area contributed by atoms with Gasteiger partial charge in [0.15, 0.2) is 5.65 Å². The van der Waals surface area contributed by atoms with E-state index in [0.717, 1.165) is 16.9 Å². The second-order valence-corrected chi connectivity index (χ2v) is 2.75. The van der Waals surface area contributed by atoms with Crippen LogP contribution in [-0.4, -0.2) is 15.0 Å². The van der Waals surface area contributed by atoms with E-state index in [1.807, 2.05) is 6.92 Å². The molecule has 2 aromatic rings. The quantitative estimate of drug-likeness (QED) is 0.652. The van der Waals surface area contributed by atoms with Crippen LogP contribution in [0.25, 0.3) is 11.2 Å². The minimum Gasteiger partial charge on any atom is -0.343 e. The van der Waals surface area contributed by atoms with E-state index in [4.69, 9.17) is 11.6 Å². The van der Waals surface area contributed by atoms with Crippen LogP contribution >= 0.6 is 11.6 Å². The Kier molecular flexibility index (Phi) is 1.32. The summed E-state index contributed by atoms with van der Waals surface area (Å²) in [4.78, 5) is 11.2. The van der Waals surface area contributed by atoms with E-state index in [2.05, 4.69) is 15.0 Å². The number of aromatic nitrogens is 3. The summed E-state index contributed by atoms with van der Waals surface area (Å²) in [6.07, 6.45) is 3.39. The number of aryl methyl sites for hydroxylation is 1. The fourth-order valence-electron chi connectivity index (χ4n) is 0.950. The van der Waals surface area contributed by atoms with Gasteiger partial charge in [-0.05, 0) is 6.92 Å². The lowest BCUT2D eigenvalue weighted by Gasteiger charge is -1.90. The van der Waals surface area contributed by atoms with E-state index in [-0.39, 0.29) is 0 Å². The van der Waals surface area contributed by atoms with Gasteiger partial charge in [-0.25, -0.2) is 9.97 Å². The highest BCUT2D eigenvalue weighted by Crippen LogP contribution is 2.18. The van der Waals surface area contributed by atoms with Gasteiger partial charge >= 0.3 is 0 Å². The van der Waals surface area contributed by atoms with Crippen molar-refractivity contribution in [3.05, 3.63) is 23.1 Å². The molecule has 2 rings (SSSR count). The molecule has 0 spiro atoms. The highest BCUT2D eigenvalue weighted by atomic mass is 35.5. The molecule has 4 heteroatoms. The number of H-pyrrole nitrogens is 1. The zero-order chi connectivity index (χ0) is 7.84. The van der Waals surface area contributed by atoms with Crippen LogP contribution in [0.2, 0.25) is 5.02 Å². The van der Waals surface area contributed by atoms with Crippen LogP contribution < -0.4 is 0 Å². The molecule has 0 bridgehead atoms. The molecule has 0 amide bonds. The first-order valence-corrected chi connectivity index (χ1v) is 3.61. The van der Waals surface area contributed by atoms with Gasteiger partial charge in [0.05, 0.1) is 16.9 Å². The standard InChI is InChI=1S/C7H6ClN3/c1-4-2-9-7-6(11-4)5(8)3-10-7/h2-3H,1H3,(H,9,10). The second-order valence-electron chi connectivity index (χ2n) is 2.35. The Morgan fingerprint density at radius 2 is 2.36 bits per heavy atom. The molecule has 11 heavy (non-hydrogen) atoms. The molecule has 0 aliphatic heterocycles. The summed E-state index contributed by atoms with van der Waals surface area (Å²) in [5.41, 5.74) is 2.35. The van der Waals surface area contributed by atoms with Crippen LogP contribution in [-0.2, 0) is 0 Å². The first-order valence-electron chi connectivity index (χ1n) is 3.23. The van der Waals surface area contributed by atoms with Gasteiger partial charge in [-0.3, -0.25) is 0 Å². The molecule has 0 aliphatic rings. The fraction of sp³-hybridized carbons (Fsp3) is 0.143. The van der Waals surface area contributed by atoms with Crippen molar-refractivity contribution in [2.24, 2.45) is 0 Å².